The summed E-state index contributed by atoms with van der Waals surface area (Å²) in [5.41, 5.74) is 1.98. The molecule has 2 aromatic carbocycles. The van der Waals surface area contributed by atoms with E-state index in [-0.39, 0.29) is 0 Å². The van der Waals surface area contributed by atoms with Gasteiger partial charge < -0.3 is 0 Å². The smallest absolute Gasteiger partial charge is 0.102 e. The van der Waals surface area contributed by atoms with E-state index < -0.39 is 0 Å². The summed E-state index contributed by atoms with van der Waals surface area (Å²) in [5, 5.41) is 3.92. The normalized spacial score (nSPS) is 10.0. The van der Waals surface area contributed by atoms with Crippen LogP contribution in [0.4, 0.5) is 0 Å². The molecule has 0 aromatic heterocycles. The summed E-state index contributed by atoms with van der Waals surface area (Å²) >= 11 is 0. The van der Waals surface area contributed by atoms with Gasteiger partial charge in [-0.2, -0.15) is 0 Å². The molecule has 0 unspecified atom stereocenters. The predicted molar refractivity (Wildman–Crippen MR) is 69.0 cm³/mol. The van der Waals surface area contributed by atoms with Gasteiger partial charge in [-0.1, -0.05) is 60.7 Å². The monoisotopic (exact) mass is 242 g/mol. The van der Waals surface area contributed by atoms with Gasteiger partial charge in [0.15, 0.2) is 0 Å². The lowest BCUT2D eigenvalue weighted by molar-refractivity contribution is -0.178. The average Bonchev–Trinajstić information content (AvgIpc) is 2.45. The van der Waals surface area contributed by atoms with Crippen LogP contribution in [0.15, 0.2) is 65.9 Å². The highest BCUT2D eigenvalue weighted by molar-refractivity contribution is 5.14. The summed E-state index contributed by atoms with van der Waals surface area (Å²) in [5.74, 6) is 0. The molecule has 2 rings (SSSR count). The summed E-state index contributed by atoms with van der Waals surface area (Å²) in [4.78, 5) is 16.0. The van der Waals surface area contributed by atoms with E-state index in [1.54, 1.807) is 0 Å². The molecule has 4 nitrogen and oxygen atoms in total. The number of nitrogens with zero attached hydrogens (tertiary/aromatic N) is 2. The molecule has 0 fully saturated rings. The lowest BCUT2D eigenvalue weighted by Gasteiger charge is -2.14. The van der Waals surface area contributed by atoms with Gasteiger partial charge in [0.2, 0.25) is 0 Å². The topological polar surface area (TPSA) is 41.9 Å². The van der Waals surface area contributed by atoms with E-state index in [0.717, 1.165) is 16.3 Å². The third-order valence-electron chi connectivity index (χ3n) is 2.47. The first-order valence-electron chi connectivity index (χ1n) is 5.70. The summed E-state index contributed by atoms with van der Waals surface area (Å²) in [7, 11) is 0. The van der Waals surface area contributed by atoms with Gasteiger partial charge in [-0.15, -0.1) is 10.1 Å². The number of benzene rings is 2. The fourth-order valence-corrected chi connectivity index (χ4v) is 1.56. The van der Waals surface area contributed by atoms with Gasteiger partial charge in [-0.25, -0.2) is 4.84 Å². The Bertz CT molecular complexity index is 474. The highest BCUT2D eigenvalue weighted by Crippen LogP contribution is 2.08. The van der Waals surface area contributed by atoms with Crippen LogP contribution in [0.1, 0.15) is 11.1 Å². The van der Waals surface area contributed by atoms with Crippen molar-refractivity contribution in [3.05, 3.63) is 76.7 Å². The van der Waals surface area contributed by atoms with Crippen LogP contribution in [0.2, 0.25) is 0 Å². The van der Waals surface area contributed by atoms with E-state index in [1.165, 1.54) is 0 Å². The van der Waals surface area contributed by atoms with E-state index in [9.17, 15) is 4.91 Å². The summed E-state index contributed by atoms with van der Waals surface area (Å²) in [6.07, 6.45) is 0. The fraction of sp³-hybridized carbons (Fsp3) is 0.143. The second-order valence-electron chi connectivity index (χ2n) is 3.84. The largest absolute Gasteiger partial charge is 0.249 e. The molecular formula is C14H14N2O2. The maximum atomic E-state index is 10.7. The Balaban J connectivity index is 1.88. The Hall–Kier alpha value is -2.20. The van der Waals surface area contributed by atoms with Crippen molar-refractivity contribution in [1.29, 1.82) is 0 Å². The molecule has 0 aliphatic heterocycles. The molecule has 0 N–H and O–H groups in total. The predicted octanol–water partition coefficient (Wildman–Crippen LogP) is 3.30. The Morgan fingerprint density at radius 2 is 1.44 bits per heavy atom. The van der Waals surface area contributed by atoms with Crippen molar-refractivity contribution >= 4 is 0 Å². The molecule has 0 bridgehead atoms. The quantitative estimate of drug-likeness (QED) is 0.576. The molecule has 2 aromatic rings. The standard InChI is InChI=1S/C14H14N2O2/c17-15-16(11-13-7-3-1-4-8-13)18-12-14-9-5-2-6-10-14/h1-10H,11-12H2. The summed E-state index contributed by atoms with van der Waals surface area (Å²) in [6, 6.07) is 19.2. The van der Waals surface area contributed by atoms with Crippen LogP contribution < -0.4 is 0 Å². The van der Waals surface area contributed by atoms with Crippen LogP contribution in [-0.2, 0) is 18.0 Å². The van der Waals surface area contributed by atoms with Crippen LogP contribution in [0, 0.1) is 4.91 Å². The summed E-state index contributed by atoms with van der Waals surface area (Å²) in [6.45, 7) is 0.677. The molecule has 0 spiro atoms. The van der Waals surface area contributed by atoms with Gasteiger partial charge in [0.25, 0.3) is 0 Å². The lowest BCUT2D eigenvalue weighted by atomic mass is 10.2. The third-order valence-corrected chi connectivity index (χ3v) is 2.47. The zero-order valence-corrected chi connectivity index (χ0v) is 9.90. The van der Waals surface area contributed by atoms with Gasteiger partial charge in [0, 0.05) is 0 Å². The number of rotatable bonds is 6. The average molecular weight is 242 g/mol. The zero-order valence-electron chi connectivity index (χ0n) is 9.90. The lowest BCUT2D eigenvalue weighted by Crippen LogP contribution is -2.16. The fourth-order valence-electron chi connectivity index (χ4n) is 1.56. The third kappa shape index (κ3) is 3.68. The van der Waals surface area contributed by atoms with Gasteiger partial charge in [0.1, 0.15) is 6.61 Å². The first-order valence-corrected chi connectivity index (χ1v) is 5.70. The van der Waals surface area contributed by atoms with E-state index >= 15 is 0 Å². The van der Waals surface area contributed by atoms with Crippen molar-refractivity contribution in [2.75, 3.05) is 0 Å². The van der Waals surface area contributed by atoms with E-state index in [2.05, 4.69) is 5.29 Å². The van der Waals surface area contributed by atoms with Crippen LogP contribution in [0.25, 0.3) is 0 Å². The molecule has 0 radical (unpaired) electrons. The molecule has 0 amide bonds. The van der Waals surface area contributed by atoms with Crippen molar-refractivity contribution in [2.24, 2.45) is 5.29 Å². The van der Waals surface area contributed by atoms with Crippen molar-refractivity contribution in [1.82, 2.24) is 5.17 Å². The van der Waals surface area contributed by atoms with Crippen molar-refractivity contribution in [2.45, 2.75) is 13.2 Å². The maximum Gasteiger partial charge on any atom is 0.102 e. The van der Waals surface area contributed by atoms with Gasteiger partial charge in [0.05, 0.1) is 11.8 Å². The van der Waals surface area contributed by atoms with E-state index in [0.29, 0.717) is 13.2 Å². The van der Waals surface area contributed by atoms with Crippen LogP contribution in [-0.4, -0.2) is 5.17 Å². The van der Waals surface area contributed by atoms with Crippen LogP contribution in [0.5, 0.6) is 0 Å². The Morgan fingerprint density at radius 3 is 2.00 bits per heavy atom. The van der Waals surface area contributed by atoms with Crippen LogP contribution >= 0.6 is 0 Å². The second-order valence-corrected chi connectivity index (χ2v) is 3.84. The number of hydrogen-bond acceptors (Lipinski definition) is 3. The molecule has 0 aliphatic carbocycles. The van der Waals surface area contributed by atoms with Gasteiger partial charge >= 0.3 is 0 Å². The maximum absolute atomic E-state index is 10.7. The molecule has 4 heteroatoms. The Kier molecular flexibility index (Phi) is 4.44. The first-order chi connectivity index (χ1) is 8.88. The number of hydrogen-bond donors (Lipinski definition) is 0. The SMILES string of the molecule is O=NN(Cc1ccccc1)OCc1ccccc1. The molecule has 0 saturated heterocycles. The highest BCUT2D eigenvalue weighted by atomic mass is 16.7. The minimum Gasteiger partial charge on any atom is -0.249 e. The van der Waals surface area contributed by atoms with Crippen molar-refractivity contribution < 1.29 is 4.84 Å². The van der Waals surface area contributed by atoms with E-state index in [1.807, 2.05) is 60.7 Å². The molecule has 0 saturated carbocycles. The van der Waals surface area contributed by atoms with Gasteiger partial charge in [-0.05, 0) is 11.1 Å². The Morgan fingerprint density at radius 1 is 0.889 bits per heavy atom. The minimum absolute atomic E-state index is 0.333. The molecule has 92 valence electrons. The summed E-state index contributed by atoms with van der Waals surface area (Å²) < 4.78 is 0. The van der Waals surface area contributed by atoms with Crippen molar-refractivity contribution in [3.63, 3.8) is 0 Å². The molecule has 18 heavy (non-hydrogen) atoms. The van der Waals surface area contributed by atoms with Crippen molar-refractivity contribution in [3.8, 4) is 0 Å². The molecule has 0 atom stereocenters. The highest BCUT2D eigenvalue weighted by Gasteiger charge is 2.05. The van der Waals surface area contributed by atoms with Crippen LogP contribution in [0.3, 0.4) is 0 Å². The zero-order chi connectivity index (χ0) is 12.6. The molecule has 0 aliphatic rings. The molecule has 0 heterocycles. The number of hydroxylamine groups is 1. The minimum atomic E-state index is 0.333. The van der Waals surface area contributed by atoms with E-state index in [4.69, 9.17) is 4.84 Å². The first kappa shape index (κ1) is 12.3. The second kappa shape index (κ2) is 6.51. The molecular weight excluding hydrogens is 228 g/mol. The van der Waals surface area contributed by atoms with Gasteiger partial charge in [-0.3, -0.25) is 0 Å². The number of nitroso groups, excluding NO2 is 1. The Labute approximate surface area is 106 Å².